The van der Waals surface area contributed by atoms with Crippen molar-refractivity contribution in [2.75, 3.05) is 4.90 Å². The zero-order valence-electron chi connectivity index (χ0n) is 28.9. The second-order valence-corrected chi connectivity index (χ2v) is 15.4. The molecule has 12 rings (SSSR count). The van der Waals surface area contributed by atoms with Crippen LogP contribution >= 0.6 is 11.3 Å². The predicted molar refractivity (Wildman–Crippen MR) is 224 cm³/mol. The van der Waals surface area contributed by atoms with E-state index in [0.29, 0.717) is 21.9 Å². The number of nitrogens with zero attached hydrogens (tertiary/aromatic N) is 1. The maximum absolute atomic E-state index is 14.2. The summed E-state index contributed by atoms with van der Waals surface area (Å²) in [5, 5.41) is 3.73. The van der Waals surface area contributed by atoms with Gasteiger partial charge in [0, 0.05) is 37.2 Å². The first-order valence-corrected chi connectivity index (χ1v) is 19.1. The molecule has 10 aromatic rings. The quantitative estimate of drug-likeness (QED) is 0.171. The van der Waals surface area contributed by atoms with E-state index in [1.807, 2.05) is 35.6 Å². The minimum atomic E-state index is -0.643. The van der Waals surface area contributed by atoms with Gasteiger partial charge in [-0.3, -0.25) is 4.79 Å². The minimum absolute atomic E-state index is 0.00684. The molecular weight excluding hydrogens is 679 g/mol. The molecule has 2 aromatic heterocycles. The summed E-state index contributed by atoms with van der Waals surface area (Å²) in [7, 11) is 0. The van der Waals surface area contributed by atoms with Crippen molar-refractivity contribution in [2.45, 2.75) is 5.41 Å². The Hall–Kier alpha value is -6.75. The number of anilines is 3. The predicted octanol–water partition coefficient (Wildman–Crippen LogP) is 13.1. The molecule has 54 heavy (non-hydrogen) atoms. The fourth-order valence-corrected chi connectivity index (χ4v) is 10.5. The molecule has 0 saturated carbocycles. The Balaban J connectivity index is 1.16. The number of hydrogen-bond acceptors (Lipinski definition) is 4. The van der Waals surface area contributed by atoms with Crippen molar-refractivity contribution in [3.05, 3.63) is 208 Å². The molecule has 1 atom stereocenters. The maximum atomic E-state index is 14.2. The molecule has 252 valence electrons. The number of thiophene rings is 1. The Morgan fingerprint density at radius 2 is 1.02 bits per heavy atom. The Labute approximate surface area is 314 Å². The van der Waals surface area contributed by atoms with E-state index in [1.165, 1.54) is 48.0 Å². The molecule has 2 heterocycles. The van der Waals surface area contributed by atoms with E-state index in [2.05, 4.69) is 157 Å². The van der Waals surface area contributed by atoms with Crippen LogP contribution in [0.5, 0.6) is 0 Å². The van der Waals surface area contributed by atoms with Crippen LogP contribution in [0.4, 0.5) is 17.1 Å². The van der Waals surface area contributed by atoms with Gasteiger partial charge >= 0.3 is 0 Å². The van der Waals surface area contributed by atoms with E-state index in [4.69, 9.17) is 4.42 Å². The third kappa shape index (κ3) is 3.87. The Kier molecular flexibility index (Phi) is 6.01. The largest absolute Gasteiger partial charge is 0.456 e. The van der Waals surface area contributed by atoms with Crippen molar-refractivity contribution >= 4 is 70.5 Å². The van der Waals surface area contributed by atoms with Crippen LogP contribution in [-0.2, 0) is 5.41 Å². The normalized spacial score (nSPS) is 15.2. The molecule has 1 unspecified atom stereocenters. The lowest BCUT2D eigenvalue weighted by molar-refractivity contribution is 0.659. The topological polar surface area (TPSA) is 33.5 Å². The summed E-state index contributed by atoms with van der Waals surface area (Å²) in [6.45, 7) is 0. The second kappa shape index (κ2) is 10.9. The van der Waals surface area contributed by atoms with Gasteiger partial charge in [-0.25, -0.2) is 0 Å². The highest BCUT2D eigenvalue weighted by Crippen LogP contribution is 2.63. The molecule has 0 radical (unpaired) electrons. The highest BCUT2D eigenvalue weighted by atomic mass is 32.1. The summed E-state index contributed by atoms with van der Waals surface area (Å²) in [6.07, 6.45) is 0. The first-order chi connectivity index (χ1) is 26.7. The molecule has 2 aliphatic carbocycles. The third-order valence-corrected chi connectivity index (χ3v) is 12.8. The molecule has 4 heteroatoms. The van der Waals surface area contributed by atoms with Crippen molar-refractivity contribution in [1.29, 1.82) is 0 Å². The molecule has 0 fully saturated rings. The van der Waals surface area contributed by atoms with Crippen LogP contribution < -0.4 is 10.3 Å². The first kappa shape index (κ1) is 29.8. The lowest BCUT2D eigenvalue weighted by Gasteiger charge is -2.32. The van der Waals surface area contributed by atoms with Gasteiger partial charge in [0.25, 0.3) is 0 Å². The van der Waals surface area contributed by atoms with Gasteiger partial charge < -0.3 is 9.32 Å². The average Bonchev–Trinajstić information content (AvgIpc) is 3.84. The standard InChI is InChI=1S/C50H29NO2S/c52-49-37-17-6-10-20-45(37)53-46-29-38-34-15-5-9-19-42(34)50(44(38)28-40(46)49)41-18-8-4-14-33(41)35-24-22-32(27-43(35)50)51(30-12-2-1-3-13-30)31-23-25-48-39(26-31)36-16-7-11-21-47(36)54-48/h1-29H. The fourth-order valence-electron chi connectivity index (χ4n) is 9.44. The first-order valence-electron chi connectivity index (χ1n) is 18.3. The van der Waals surface area contributed by atoms with Gasteiger partial charge in [-0.2, -0.15) is 0 Å². The van der Waals surface area contributed by atoms with E-state index in [-0.39, 0.29) is 5.43 Å². The molecule has 0 N–H and O–H groups in total. The van der Waals surface area contributed by atoms with E-state index in [1.54, 1.807) is 0 Å². The Morgan fingerprint density at radius 1 is 0.407 bits per heavy atom. The average molecular weight is 708 g/mol. The van der Waals surface area contributed by atoms with Crippen LogP contribution in [0.15, 0.2) is 185 Å². The van der Waals surface area contributed by atoms with Gasteiger partial charge in [-0.05, 0) is 117 Å². The molecule has 3 nitrogen and oxygen atoms in total. The van der Waals surface area contributed by atoms with Crippen LogP contribution in [0.25, 0.3) is 64.4 Å². The SMILES string of the molecule is O=c1c2ccccc2oc2cc3c(cc12)C1(c2ccccc2-c2ccc(N(c4ccccc4)c4ccc5sc6ccccc6c5c4)cc21)c1ccccc1-3. The highest BCUT2D eigenvalue weighted by molar-refractivity contribution is 7.25. The summed E-state index contributed by atoms with van der Waals surface area (Å²) in [6, 6.07) is 62.5. The van der Waals surface area contributed by atoms with E-state index in [0.717, 1.165) is 33.8 Å². The summed E-state index contributed by atoms with van der Waals surface area (Å²) in [5.41, 5.74) is 13.3. The van der Waals surface area contributed by atoms with Gasteiger partial charge in [-0.15, -0.1) is 11.3 Å². The van der Waals surface area contributed by atoms with Crippen molar-refractivity contribution in [3.63, 3.8) is 0 Å². The van der Waals surface area contributed by atoms with Crippen molar-refractivity contribution < 1.29 is 4.42 Å². The lowest BCUT2D eigenvalue weighted by atomic mass is 9.70. The monoisotopic (exact) mass is 707 g/mol. The fraction of sp³-hybridized carbons (Fsp3) is 0.0200. The lowest BCUT2D eigenvalue weighted by Crippen LogP contribution is -2.26. The summed E-state index contributed by atoms with van der Waals surface area (Å²) in [4.78, 5) is 16.6. The molecule has 2 aliphatic rings. The number of hydrogen-bond donors (Lipinski definition) is 0. The third-order valence-electron chi connectivity index (χ3n) is 11.7. The smallest absolute Gasteiger partial charge is 0.200 e. The second-order valence-electron chi connectivity index (χ2n) is 14.3. The van der Waals surface area contributed by atoms with Crippen molar-refractivity contribution in [1.82, 2.24) is 0 Å². The zero-order valence-corrected chi connectivity index (χ0v) is 29.7. The van der Waals surface area contributed by atoms with Crippen LogP contribution in [0, 0.1) is 0 Å². The molecule has 8 aromatic carbocycles. The van der Waals surface area contributed by atoms with Crippen LogP contribution in [0.2, 0.25) is 0 Å². The number of benzene rings is 8. The number of para-hydroxylation sites is 2. The summed E-state index contributed by atoms with van der Waals surface area (Å²) < 4.78 is 9.02. The molecule has 0 bridgehead atoms. The van der Waals surface area contributed by atoms with Gasteiger partial charge in [0.1, 0.15) is 11.2 Å². The van der Waals surface area contributed by atoms with Gasteiger partial charge in [0.2, 0.25) is 5.43 Å². The molecular formula is C50H29NO2S. The van der Waals surface area contributed by atoms with Gasteiger partial charge in [0.05, 0.1) is 16.2 Å². The number of rotatable bonds is 3. The van der Waals surface area contributed by atoms with Crippen LogP contribution in [0.3, 0.4) is 0 Å². The highest BCUT2D eigenvalue weighted by Gasteiger charge is 2.52. The molecule has 0 amide bonds. The van der Waals surface area contributed by atoms with E-state index >= 15 is 0 Å². The zero-order chi connectivity index (χ0) is 35.5. The minimum Gasteiger partial charge on any atom is -0.456 e. The van der Waals surface area contributed by atoms with Gasteiger partial charge in [0.15, 0.2) is 0 Å². The van der Waals surface area contributed by atoms with Crippen molar-refractivity contribution in [3.8, 4) is 22.3 Å². The Morgan fingerprint density at radius 3 is 1.85 bits per heavy atom. The Bertz CT molecular complexity index is 3270. The maximum Gasteiger partial charge on any atom is 0.200 e. The molecule has 1 spiro atoms. The van der Waals surface area contributed by atoms with Gasteiger partial charge in [-0.1, -0.05) is 103 Å². The number of fused-ring (bicyclic) bond motifs is 15. The van der Waals surface area contributed by atoms with Crippen LogP contribution in [0.1, 0.15) is 22.3 Å². The van der Waals surface area contributed by atoms with Crippen molar-refractivity contribution in [2.24, 2.45) is 0 Å². The molecule has 0 saturated heterocycles. The van der Waals surface area contributed by atoms with Crippen LogP contribution in [-0.4, -0.2) is 0 Å². The van der Waals surface area contributed by atoms with E-state index < -0.39 is 5.41 Å². The summed E-state index contributed by atoms with van der Waals surface area (Å²) in [5.74, 6) is 0. The molecule has 0 aliphatic heterocycles. The summed E-state index contributed by atoms with van der Waals surface area (Å²) >= 11 is 1.84. The van der Waals surface area contributed by atoms with E-state index in [9.17, 15) is 4.79 Å².